The van der Waals surface area contributed by atoms with Crippen LogP contribution in [0.4, 0.5) is 0 Å². The predicted octanol–water partition coefficient (Wildman–Crippen LogP) is 0.665. The normalized spacial score (nSPS) is 20.2. The van der Waals surface area contributed by atoms with Crippen molar-refractivity contribution < 1.29 is 19.4 Å². The molecule has 96 valence electrons. The number of β-amino-alcohol motifs (C(OH)–C–C–N with tert-alkyl or cyclic N) is 1. The van der Waals surface area contributed by atoms with Crippen LogP contribution in [0.2, 0.25) is 0 Å². The maximum atomic E-state index is 12.1. The van der Waals surface area contributed by atoms with Gasteiger partial charge in [-0.3, -0.25) is 4.79 Å². The lowest BCUT2D eigenvalue weighted by Crippen LogP contribution is -2.61. The lowest BCUT2D eigenvalue weighted by molar-refractivity contribution is -0.0668. The van der Waals surface area contributed by atoms with Crippen LogP contribution in [0.15, 0.2) is 18.2 Å². The highest BCUT2D eigenvalue weighted by molar-refractivity contribution is 5.95. The van der Waals surface area contributed by atoms with Crippen LogP contribution >= 0.6 is 0 Å². The van der Waals surface area contributed by atoms with Crippen molar-refractivity contribution in [3.8, 4) is 11.5 Å². The fourth-order valence-electron chi connectivity index (χ4n) is 2.28. The van der Waals surface area contributed by atoms with Crippen LogP contribution in [0.1, 0.15) is 17.3 Å². The predicted molar refractivity (Wildman–Crippen MR) is 64.0 cm³/mol. The third-order valence-electron chi connectivity index (χ3n) is 3.14. The number of benzene rings is 1. The molecule has 0 saturated carbocycles. The molecule has 1 saturated heterocycles. The molecule has 0 aliphatic carbocycles. The molecule has 1 aromatic rings. The Bertz CT molecular complexity index is 490. The van der Waals surface area contributed by atoms with E-state index in [0.717, 1.165) is 0 Å². The Morgan fingerprint density at radius 1 is 1.28 bits per heavy atom. The van der Waals surface area contributed by atoms with Crippen LogP contribution in [0.3, 0.4) is 0 Å². The van der Waals surface area contributed by atoms with Crippen molar-refractivity contribution in [2.24, 2.45) is 0 Å². The summed E-state index contributed by atoms with van der Waals surface area (Å²) in [6.07, 6.45) is 0. The Morgan fingerprint density at radius 2 is 1.94 bits per heavy atom. The van der Waals surface area contributed by atoms with Crippen LogP contribution < -0.4 is 9.47 Å². The van der Waals surface area contributed by atoms with E-state index in [9.17, 15) is 9.90 Å². The van der Waals surface area contributed by atoms with Crippen molar-refractivity contribution in [2.45, 2.75) is 12.5 Å². The van der Waals surface area contributed by atoms with Crippen LogP contribution in [0, 0.1) is 0 Å². The van der Waals surface area contributed by atoms with E-state index in [1.807, 2.05) is 0 Å². The molecule has 0 unspecified atom stereocenters. The SMILES string of the molecule is CC1(O)CN(C(=O)c2ccc3c(c2)OCCO3)C1. The molecule has 3 rings (SSSR count). The Hall–Kier alpha value is -1.75. The van der Waals surface area contributed by atoms with E-state index in [-0.39, 0.29) is 5.91 Å². The fraction of sp³-hybridized carbons (Fsp3) is 0.462. The highest BCUT2D eigenvalue weighted by Gasteiger charge is 2.39. The lowest BCUT2D eigenvalue weighted by atomic mass is 9.96. The fourth-order valence-corrected chi connectivity index (χ4v) is 2.28. The average molecular weight is 249 g/mol. The number of amides is 1. The van der Waals surface area contributed by atoms with Crippen LogP contribution in [-0.4, -0.2) is 47.8 Å². The molecule has 0 spiro atoms. The topological polar surface area (TPSA) is 59.0 Å². The number of hydrogen-bond donors (Lipinski definition) is 1. The van der Waals surface area contributed by atoms with Crippen molar-refractivity contribution in [2.75, 3.05) is 26.3 Å². The van der Waals surface area contributed by atoms with E-state index in [2.05, 4.69) is 0 Å². The van der Waals surface area contributed by atoms with Gasteiger partial charge in [-0.2, -0.15) is 0 Å². The molecule has 1 N–H and O–H groups in total. The summed E-state index contributed by atoms with van der Waals surface area (Å²) in [6.45, 7) is 3.51. The van der Waals surface area contributed by atoms with Gasteiger partial charge in [-0.25, -0.2) is 0 Å². The minimum atomic E-state index is -0.747. The summed E-state index contributed by atoms with van der Waals surface area (Å²) in [5, 5.41) is 9.63. The first-order valence-corrected chi connectivity index (χ1v) is 5.96. The van der Waals surface area contributed by atoms with Crippen molar-refractivity contribution in [1.29, 1.82) is 0 Å². The minimum Gasteiger partial charge on any atom is -0.486 e. The average Bonchev–Trinajstić information content (AvgIpc) is 2.34. The second kappa shape index (κ2) is 3.88. The molecular weight excluding hydrogens is 234 g/mol. The van der Waals surface area contributed by atoms with E-state index < -0.39 is 5.60 Å². The highest BCUT2D eigenvalue weighted by Crippen LogP contribution is 2.32. The van der Waals surface area contributed by atoms with E-state index in [1.165, 1.54) is 0 Å². The minimum absolute atomic E-state index is 0.0847. The summed E-state index contributed by atoms with van der Waals surface area (Å²) >= 11 is 0. The summed E-state index contributed by atoms with van der Waals surface area (Å²) in [5.41, 5.74) is -0.182. The first-order chi connectivity index (χ1) is 8.55. The van der Waals surface area contributed by atoms with E-state index in [0.29, 0.717) is 43.4 Å². The number of fused-ring (bicyclic) bond motifs is 1. The number of nitrogens with zero attached hydrogens (tertiary/aromatic N) is 1. The number of hydrogen-bond acceptors (Lipinski definition) is 4. The highest BCUT2D eigenvalue weighted by atomic mass is 16.6. The number of carbonyl (C=O) groups excluding carboxylic acids is 1. The van der Waals surface area contributed by atoms with Gasteiger partial charge in [0.1, 0.15) is 13.2 Å². The summed E-state index contributed by atoms with van der Waals surface area (Å²) < 4.78 is 10.8. The van der Waals surface area contributed by atoms with Gasteiger partial charge in [0, 0.05) is 5.56 Å². The monoisotopic (exact) mass is 249 g/mol. The van der Waals surface area contributed by atoms with Gasteiger partial charge in [0.05, 0.1) is 18.7 Å². The number of carbonyl (C=O) groups is 1. The number of ether oxygens (including phenoxy) is 2. The molecule has 0 bridgehead atoms. The zero-order valence-corrected chi connectivity index (χ0v) is 10.2. The molecule has 2 heterocycles. The largest absolute Gasteiger partial charge is 0.486 e. The van der Waals surface area contributed by atoms with Gasteiger partial charge in [0.15, 0.2) is 11.5 Å². The molecular formula is C13H15NO4. The molecule has 1 amide bonds. The maximum absolute atomic E-state index is 12.1. The molecule has 0 aromatic heterocycles. The first-order valence-electron chi connectivity index (χ1n) is 5.96. The lowest BCUT2D eigenvalue weighted by Gasteiger charge is -2.44. The number of rotatable bonds is 1. The molecule has 0 radical (unpaired) electrons. The van der Waals surface area contributed by atoms with Gasteiger partial charge >= 0.3 is 0 Å². The third kappa shape index (κ3) is 1.90. The Labute approximate surface area is 105 Å². The Balaban J connectivity index is 1.78. The van der Waals surface area contributed by atoms with Gasteiger partial charge in [-0.1, -0.05) is 0 Å². The molecule has 2 aliphatic heterocycles. The number of aliphatic hydroxyl groups is 1. The second-order valence-electron chi connectivity index (χ2n) is 5.02. The zero-order valence-electron chi connectivity index (χ0n) is 10.2. The molecule has 5 nitrogen and oxygen atoms in total. The smallest absolute Gasteiger partial charge is 0.254 e. The number of likely N-dealkylation sites (tertiary alicyclic amines) is 1. The van der Waals surface area contributed by atoms with Crippen molar-refractivity contribution in [3.05, 3.63) is 23.8 Å². The molecule has 1 aromatic carbocycles. The van der Waals surface area contributed by atoms with Crippen LogP contribution in [0.5, 0.6) is 11.5 Å². The van der Waals surface area contributed by atoms with Gasteiger partial charge in [-0.05, 0) is 25.1 Å². The van der Waals surface area contributed by atoms with E-state index in [1.54, 1.807) is 30.0 Å². The van der Waals surface area contributed by atoms with Crippen molar-refractivity contribution in [1.82, 2.24) is 4.90 Å². The van der Waals surface area contributed by atoms with Gasteiger partial charge < -0.3 is 19.5 Å². The van der Waals surface area contributed by atoms with Crippen molar-refractivity contribution >= 4 is 5.91 Å². The van der Waals surface area contributed by atoms with Gasteiger partial charge in [0.2, 0.25) is 0 Å². The molecule has 0 atom stereocenters. The maximum Gasteiger partial charge on any atom is 0.254 e. The Morgan fingerprint density at radius 3 is 2.61 bits per heavy atom. The van der Waals surface area contributed by atoms with Crippen molar-refractivity contribution in [3.63, 3.8) is 0 Å². The molecule has 1 fully saturated rings. The third-order valence-corrected chi connectivity index (χ3v) is 3.14. The standard InChI is InChI=1S/C13H15NO4/c1-13(16)7-14(8-13)12(15)9-2-3-10-11(6-9)18-5-4-17-10/h2-3,6,16H,4-5,7-8H2,1H3. The summed E-state index contributed by atoms with van der Waals surface area (Å²) in [5.74, 6) is 1.20. The molecule has 5 heteroatoms. The summed E-state index contributed by atoms with van der Waals surface area (Å²) in [7, 11) is 0. The second-order valence-corrected chi connectivity index (χ2v) is 5.02. The molecule has 18 heavy (non-hydrogen) atoms. The van der Waals surface area contributed by atoms with E-state index >= 15 is 0 Å². The van der Waals surface area contributed by atoms with Crippen LogP contribution in [0.25, 0.3) is 0 Å². The summed E-state index contributed by atoms with van der Waals surface area (Å²) in [4.78, 5) is 13.7. The van der Waals surface area contributed by atoms with Crippen LogP contribution in [-0.2, 0) is 0 Å². The zero-order chi connectivity index (χ0) is 12.8. The first kappa shape index (κ1) is 11.3. The summed E-state index contributed by atoms with van der Waals surface area (Å²) in [6, 6.07) is 5.17. The van der Waals surface area contributed by atoms with E-state index in [4.69, 9.17) is 9.47 Å². The Kier molecular flexibility index (Phi) is 2.45. The quantitative estimate of drug-likeness (QED) is 0.794. The van der Waals surface area contributed by atoms with Gasteiger partial charge in [0.25, 0.3) is 5.91 Å². The molecule has 2 aliphatic rings. The van der Waals surface area contributed by atoms with Gasteiger partial charge in [-0.15, -0.1) is 0 Å².